The van der Waals surface area contributed by atoms with Crippen molar-refractivity contribution in [2.24, 2.45) is 0 Å². The smallest absolute Gasteiger partial charge is 0.224 e. The van der Waals surface area contributed by atoms with Gasteiger partial charge in [0.2, 0.25) is 5.91 Å². The Hall–Kier alpha value is -2.66. The van der Waals surface area contributed by atoms with Gasteiger partial charge in [-0.05, 0) is 49.4 Å². The normalized spacial score (nSPS) is 13.2. The molecule has 0 spiro atoms. The largest absolute Gasteiger partial charge is 0.354 e. The van der Waals surface area contributed by atoms with Crippen molar-refractivity contribution in [3.63, 3.8) is 0 Å². The van der Waals surface area contributed by atoms with E-state index in [1.807, 2.05) is 41.1 Å². The van der Waals surface area contributed by atoms with E-state index in [1.165, 1.54) is 24.1 Å². The topological polar surface area (TPSA) is 59.8 Å². The van der Waals surface area contributed by atoms with E-state index in [-0.39, 0.29) is 12.3 Å². The van der Waals surface area contributed by atoms with E-state index in [2.05, 4.69) is 10.3 Å². The highest BCUT2D eigenvalue weighted by Crippen LogP contribution is 2.30. The maximum Gasteiger partial charge on any atom is 0.224 e. The van der Waals surface area contributed by atoms with Crippen LogP contribution in [0.15, 0.2) is 48.7 Å². The number of carbonyl (C=O) groups excluding carboxylic acids is 1. The summed E-state index contributed by atoms with van der Waals surface area (Å²) in [7, 11) is 0. The Morgan fingerprint density at radius 2 is 1.93 bits per heavy atom. The van der Waals surface area contributed by atoms with E-state index in [9.17, 15) is 4.79 Å². The number of benzene rings is 1. The third kappa shape index (κ3) is 4.09. The van der Waals surface area contributed by atoms with E-state index in [0.29, 0.717) is 18.1 Å². The van der Waals surface area contributed by atoms with Crippen LogP contribution in [-0.4, -0.2) is 27.2 Å². The molecule has 1 aromatic carbocycles. The quantitative estimate of drug-likeness (QED) is 0.691. The van der Waals surface area contributed by atoms with Crippen LogP contribution >= 0.6 is 11.6 Å². The zero-order chi connectivity index (χ0) is 19.3. The molecule has 1 N–H and O–H groups in total. The summed E-state index contributed by atoms with van der Waals surface area (Å²) in [6.07, 6.45) is 6.53. The van der Waals surface area contributed by atoms with Gasteiger partial charge in [-0.25, -0.2) is 0 Å². The van der Waals surface area contributed by atoms with Gasteiger partial charge in [0.1, 0.15) is 5.69 Å². The number of nitrogens with one attached hydrogen (secondary N) is 1. The van der Waals surface area contributed by atoms with Crippen molar-refractivity contribution in [3.05, 3.63) is 70.5 Å². The molecule has 4 rings (SSSR count). The number of hydrogen-bond acceptors (Lipinski definition) is 3. The lowest BCUT2D eigenvalue weighted by Gasteiger charge is -2.14. The van der Waals surface area contributed by atoms with Crippen molar-refractivity contribution < 1.29 is 4.79 Å². The maximum atomic E-state index is 12.3. The second kappa shape index (κ2) is 8.57. The highest BCUT2D eigenvalue weighted by molar-refractivity contribution is 6.31. The second-order valence-corrected chi connectivity index (χ2v) is 7.44. The Labute approximate surface area is 169 Å². The lowest BCUT2D eigenvalue weighted by Crippen LogP contribution is -2.29. The van der Waals surface area contributed by atoms with Crippen LogP contribution in [0.5, 0.6) is 0 Å². The maximum absolute atomic E-state index is 12.3. The number of amides is 1. The predicted octanol–water partition coefficient (Wildman–Crippen LogP) is 3.84. The van der Waals surface area contributed by atoms with Gasteiger partial charge >= 0.3 is 0 Å². The van der Waals surface area contributed by atoms with E-state index < -0.39 is 0 Å². The second-order valence-electron chi connectivity index (χ2n) is 7.04. The van der Waals surface area contributed by atoms with E-state index in [1.54, 1.807) is 12.3 Å². The number of nitrogens with zero attached hydrogens (tertiary/aromatic N) is 3. The summed E-state index contributed by atoms with van der Waals surface area (Å²) in [6.45, 7) is 1.20. The highest BCUT2D eigenvalue weighted by Gasteiger charge is 2.22. The molecule has 1 aliphatic carbocycles. The molecule has 6 heteroatoms. The molecule has 0 aliphatic heterocycles. The molecule has 0 atom stereocenters. The SMILES string of the molecule is O=C(Cc1ccccc1Cl)NCCn1nc(-c2ccccn2)c2c1CCCC2. The standard InChI is InChI=1S/C22H23ClN4O/c23-18-9-3-1-7-16(18)15-21(28)25-13-14-27-20-11-4-2-8-17(20)22(26-27)19-10-5-6-12-24-19/h1,3,5-7,9-10,12H,2,4,8,11,13-15H2,(H,25,28). The summed E-state index contributed by atoms with van der Waals surface area (Å²) in [5, 5.41) is 8.45. The Balaban J connectivity index is 1.43. The number of rotatable bonds is 6. The van der Waals surface area contributed by atoms with Crippen molar-refractivity contribution in [2.75, 3.05) is 6.54 Å². The van der Waals surface area contributed by atoms with Crippen LogP contribution in [0.1, 0.15) is 29.7 Å². The van der Waals surface area contributed by atoms with Crippen LogP contribution in [0.4, 0.5) is 0 Å². The summed E-state index contributed by atoms with van der Waals surface area (Å²) in [4.78, 5) is 16.7. The van der Waals surface area contributed by atoms with Gasteiger partial charge in [-0.2, -0.15) is 5.10 Å². The van der Waals surface area contributed by atoms with E-state index in [4.69, 9.17) is 16.7 Å². The van der Waals surface area contributed by atoms with Gasteiger partial charge in [-0.15, -0.1) is 0 Å². The van der Waals surface area contributed by atoms with E-state index in [0.717, 1.165) is 29.8 Å². The summed E-state index contributed by atoms with van der Waals surface area (Å²) in [5.74, 6) is -0.0286. The number of fused-ring (bicyclic) bond motifs is 1. The third-order valence-corrected chi connectivity index (χ3v) is 5.49. The van der Waals surface area contributed by atoms with Gasteiger partial charge in [0, 0.05) is 29.0 Å². The first-order valence-electron chi connectivity index (χ1n) is 9.72. The molecule has 0 saturated carbocycles. The minimum Gasteiger partial charge on any atom is -0.354 e. The molecule has 3 aromatic rings. The van der Waals surface area contributed by atoms with Gasteiger partial charge in [0.05, 0.1) is 18.7 Å². The zero-order valence-electron chi connectivity index (χ0n) is 15.7. The number of hydrogen-bond donors (Lipinski definition) is 1. The molecule has 0 radical (unpaired) electrons. The highest BCUT2D eigenvalue weighted by atomic mass is 35.5. The minimum absolute atomic E-state index is 0.0286. The zero-order valence-corrected chi connectivity index (χ0v) is 16.5. The van der Waals surface area contributed by atoms with Gasteiger partial charge in [-0.3, -0.25) is 14.5 Å². The molecule has 0 saturated heterocycles. The molecule has 1 aliphatic rings. The first-order chi connectivity index (χ1) is 13.7. The molecule has 0 bridgehead atoms. The number of aromatic nitrogens is 3. The summed E-state index contributed by atoms with van der Waals surface area (Å²) in [5.41, 5.74) is 5.34. The van der Waals surface area contributed by atoms with Gasteiger partial charge in [0.25, 0.3) is 0 Å². The van der Waals surface area contributed by atoms with Crippen molar-refractivity contribution >= 4 is 17.5 Å². The van der Waals surface area contributed by atoms with Crippen LogP contribution in [0.3, 0.4) is 0 Å². The lowest BCUT2D eigenvalue weighted by molar-refractivity contribution is -0.120. The molecule has 2 aromatic heterocycles. The Kier molecular flexibility index (Phi) is 5.72. The lowest BCUT2D eigenvalue weighted by atomic mass is 9.95. The molecular weight excluding hydrogens is 372 g/mol. The Morgan fingerprint density at radius 1 is 1.11 bits per heavy atom. The molecule has 0 unspecified atom stereocenters. The first-order valence-corrected chi connectivity index (χ1v) is 10.1. The van der Waals surface area contributed by atoms with Crippen molar-refractivity contribution in [2.45, 2.75) is 38.6 Å². The Morgan fingerprint density at radius 3 is 2.75 bits per heavy atom. The van der Waals surface area contributed by atoms with Crippen LogP contribution in [0.2, 0.25) is 5.02 Å². The minimum atomic E-state index is -0.0286. The molecule has 144 valence electrons. The first kappa shape index (κ1) is 18.7. The fourth-order valence-electron chi connectivity index (χ4n) is 3.74. The van der Waals surface area contributed by atoms with Crippen LogP contribution in [0, 0.1) is 0 Å². The monoisotopic (exact) mass is 394 g/mol. The number of carbonyl (C=O) groups is 1. The van der Waals surface area contributed by atoms with Gasteiger partial charge in [-0.1, -0.05) is 35.9 Å². The van der Waals surface area contributed by atoms with Crippen molar-refractivity contribution in [3.8, 4) is 11.4 Å². The number of halogens is 1. The third-order valence-electron chi connectivity index (χ3n) is 5.12. The molecular formula is C22H23ClN4O. The van der Waals surface area contributed by atoms with Crippen molar-refractivity contribution in [1.82, 2.24) is 20.1 Å². The fraction of sp³-hybridized carbons (Fsp3) is 0.318. The van der Waals surface area contributed by atoms with Crippen LogP contribution in [0.25, 0.3) is 11.4 Å². The molecule has 28 heavy (non-hydrogen) atoms. The number of pyridine rings is 1. The predicted molar refractivity (Wildman–Crippen MR) is 110 cm³/mol. The van der Waals surface area contributed by atoms with Crippen LogP contribution < -0.4 is 5.32 Å². The summed E-state index contributed by atoms with van der Waals surface area (Å²) >= 11 is 6.14. The molecule has 1 amide bonds. The van der Waals surface area contributed by atoms with E-state index >= 15 is 0 Å². The fourth-order valence-corrected chi connectivity index (χ4v) is 3.95. The van der Waals surface area contributed by atoms with Gasteiger partial charge < -0.3 is 5.32 Å². The summed E-state index contributed by atoms with van der Waals surface area (Å²) in [6, 6.07) is 13.4. The Bertz CT molecular complexity index is 968. The summed E-state index contributed by atoms with van der Waals surface area (Å²) < 4.78 is 2.05. The average molecular weight is 395 g/mol. The van der Waals surface area contributed by atoms with Crippen LogP contribution in [-0.2, 0) is 30.6 Å². The molecule has 5 nitrogen and oxygen atoms in total. The molecule has 0 fully saturated rings. The van der Waals surface area contributed by atoms with Gasteiger partial charge in [0.15, 0.2) is 0 Å². The molecule has 2 heterocycles. The average Bonchev–Trinajstić information content (AvgIpc) is 3.09. The van der Waals surface area contributed by atoms with Crippen molar-refractivity contribution in [1.29, 1.82) is 0 Å².